The third-order valence-electron chi connectivity index (χ3n) is 3.87. The van der Waals surface area contributed by atoms with Gasteiger partial charge in [0.05, 0.1) is 4.90 Å². The van der Waals surface area contributed by atoms with E-state index in [-0.39, 0.29) is 10.6 Å². The summed E-state index contributed by atoms with van der Waals surface area (Å²) in [6.07, 6.45) is 3.27. The van der Waals surface area contributed by atoms with Gasteiger partial charge in [-0.25, -0.2) is 18.2 Å². The van der Waals surface area contributed by atoms with Crippen molar-refractivity contribution in [3.05, 3.63) is 48.3 Å². The van der Waals surface area contributed by atoms with Crippen LogP contribution in [0, 0.1) is 0 Å². The highest BCUT2D eigenvalue weighted by Gasteiger charge is 2.26. The van der Waals surface area contributed by atoms with E-state index in [1.165, 1.54) is 16.6 Å². The molecule has 0 radical (unpaired) electrons. The van der Waals surface area contributed by atoms with Gasteiger partial charge in [-0.1, -0.05) is 18.2 Å². The number of pyridine rings is 1. The molecule has 6 nitrogen and oxygen atoms in total. The molecule has 0 saturated carbocycles. The number of carbonyl (C=O) groups is 1. The molecular formula is C16H16N2O4S. The van der Waals surface area contributed by atoms with E-state index < -0.39 is 16.0 Å². The fraction of sp³-hybridized carbons (Fsp3) is 0.250. The van der Waals surface area contributed by atoms with E-state index in [1.807, 2.05) is 0 Å². The van der Waals surface area contributed by atoms with Crippen LogP contribution in [0.3, 0.4) is 0 Å². The van der Waals surface area contributed by atoms with Crippen LogP contribution in [0.1, 0.15) is 23.3 Å². The van der Waals surface area contributed by atoms with Crippen LogP contribution in [0.15, 0.2) is 47.5 Å². The highest BCUT2D eigenvalue weighted by Crippen LogP contribution is 2.24. The van der Waals surface area contributed by atoms with Crippen LogP contribution in [-0.2, 0) is 10.0 Å². The van der Waals surface area contributed by atoms with Crippen molar-refractivity contribution in [1.82, 2.24) is 9.29 Å². The molecule has 0 atom stereocenters. The lowest BCUT2D eigenvalue weighted by Gasteiger charge is -2.15. The Labute approximate surface area is 134 Å². The average Bonchev–Trinajstić information content (AvgIpc) is 3.10. The molecule has 1 aromatic heterocycles. The SMILES string of the molecule is O=C(O)c1ccc(-c2ccc(S(=O)(=O)N3CCCC3)cc2)cn1. The molecule has 0 spiro atoms. The standard InChI is InChI=1S/C16H16N2O4S/c19-16(20)15-8-5-13(11-17-15)12-3-6-14(7-4-12)23(21,22)18-9-1-2-10-18/h3-8,11H,1-2,9-10H2,(H,19,20). The molecule has 1 fully saturated rings. The maximum absolute atomic E-state index is 12.5. The third kappa shape index (κ3) is 3.11. The van der Waals surface area contributed by atoms with Crippen molar-refractivity contribution in [3.63, 3.8) is 0 Å². The van der Waals surface area contributed by atoms with Crippen LogP contribution in [-0.4, -0.2) is 41.9 Å². The van der Waals surface area contributed by atoms with Crippen molar-refractivity contribution < 1.29 is 18.3 Å². The zero-order chi connectivity index (χ0) is 16.4. The molecule has 1 saturated heterocycles. The summed E-state index contributed by atoms with van der Waals surface area (Å²) >= 11 is 0. The minimum Gasteiger partial charge on any atom is -0.477 e. The fourth-order valence-corrected chi connectivity index (χ4v) is 4.11. The van der Waals surface area contributed by atoms with Gasteiger partial charge in [0.25, 0.3) is 0 Å². The van der Waals surface area contributed by atoms with E-state index in [4.69, 9.17) is 5.11 Å². The Morgan fingerprint density at radius 2 is 1.61 bits per heavy atom. The summed E-state index contributed by atoms with van der Waals surface area (Å²) in [6.45, 7) is 1.15. The minimum atomic E-state index is -3.42. The summed E-state index contributed by atoms with van der Waals surface area (Å²) in [5.74, 6) is -1.08. The predicted molar refractivity (Wildman–Crippen MR) is 84.6 cm³/mol. The van der Waals surface area contributed by atoms with Gasteiger partial charge < -0.3 is 5.11 Å². The molecular weight excluding hydrogens is 316 g/mol. The van der Waals surface area contributed by atoms with Crippen molar-refractivity contribution in [2.75, 3.05) is 13.1 Å². The summed E-state index contributed by atoms with van der Waals surface area (Å²) in [5, 5.41) is 8.84. The van der Waals surface area contributed by atoms with Crippen LogP contribution < -0.4 is 0 Å². The third-order valence-corrected chi connectivity index (χ3v) is 5.79. The van der Waals surface area contributed by atoms with Crippen molar-refractivity contribution in [2.45, 2.75) is 17.7 Å². The highest BCUT2D eigenvalue weighted by atomic mass is 32.2. The Bertz CT molecular complexity index is 808. The van der Waals surface area contributed by atoms with Crippen LogP contribution in [0.2, 0.25) is 0 Å². The summed E-state index contributed by atoms with van der Waals surface area (Å²) < 4.78 is 26.4. The molecule has 1 aliphatic heterocycles. The van der Waals surface area contributed by atoms with Gasteiger partial charge in [-0.2, -0.15) is 4.31 Å². The van der Waals surface area contributed by atoms with Gasteiger partial charge in [-0.3, -0.25) is 0 Å². The number of aromatic nitrogens is 1. The molecule has 1 aliphatic rings. The van der Waals surface area contributed by atoms with Crippen molar-refractivity contribution in [3.8, 4) is 11.1 Å². The number of benzene rings is 1. The monoisotopic (exact) mass is 332 g/mol. The molecule has 120 valence electrons. The number of aromatic carboxylic acids is 1. The summed E-state index contributed by atoms with van der Waals surface area (Å²) in [5.41, 5.74) is 1.50. The number of rotatable bonds is 4. The van der Waals surface area contributed by atoms with E-state index in [9.17, 15) is 13.2 Å². The zero-order valence-corrected chi connectivity index (χ0v) is 13.2. The van der Waals surface area contributed by atoms with Crippen molar-refractivity contribution in [2.24, 2.45) is 0 Å². The molecule has 1 N–H and O–H groups in total. The lowest BCUT2D eigenvalue weighted by atomic mass is 10.1. The molecule has 0 unspecified atom stereocenters. The van der Waals surface area contributed by atoms with Gasteiger partial charge in [0.1, 0.15) is 5.69 Å². The number of carboxylic acids is 1. The first kappa shape index (κ1) is 15.6. The van der Waals surface area contributed by atoms with E-state index in [0.717, 1.165) is 24.0 Å². The summed E-state index contributed by atoms with van der Waals surface area (Å²) in [6, 6.07) is 9.65. The van der Waals surface area contributed by atoms with E-state index in [2.05, 4.69) is 4.98 Å². The molecule has 3 rings (SSSR count). The van der Waals surface area contributed by atoms with Crippen LogP contribution in [0.4, 0.5) is 0 Å². The Hall–Kier alpha value is -2.25. The molecule has 0 bridgehead atoms. The first-order valence-corrected chi connectivity index (χ1v) is 8.72. The molecule has 23 heavy (non-hydrogen) atoms. The fourth-order valence-electron chi connectivity index (χ4n) is 2.59. The largest absolute Gasteiger partial charge is 0.477 e. The van der Waals surface area contributed by atoms with Crippen LogP contribution >= 0.6 is 0 Å². The molecule has 7 heteroatoms. The Balaban J connectivity index is 1.85. The quantitative estimate of drug-likeness (QED) is 0.927. The topological polar surface area (TPSA) is 87.6 Å². The lowest BCUT2D eigenvalue weighted by molar-refractivity contribution is 0.0690. The number of sulfonamides is 1. The first-order valence-electron chi connectivity index (χ1n) is 7.28. The smallest absolute Gasteiger partial charge is 0.354 e. The first-order chi connectivity index (χ1) is 11.0. The highest BCUT2D eigenvalue weighted by molar-refractivity contribution is 7.89. The molecule has 0 aliphatic carbocycles. The Morgan fingerprint density at radius 3 is 2.13 bits per heavy atom. The normalized spacial score (nSPS) is 15.7. The zero-order valence-electron chi connectivity index (χ0n) is 12.3. The predicted octanol–water partition coefficient (Wildman–Crippen LogP) is 2.23. The second kappa shape index (κ2) is 6.10. The number of hydrogen-bond donors (Lipinski definition) is 1. The number of hydrogen-bond acceptors (Lipinski definition) is 4. The maximum Gasteiger partial charge on any atom is 0.354 e. The van der Waals surface area contributed by atoms with Crippen molar-refractivity contribution in [1.29, 1.82) is 0 Å². The Kier molecular flexibility index (Phi) is 4.14. The maximum atomic E-state index is 12.5. The molecule has 2 aromatic rings. The Morgan fingerprint density at radius 1 is 1.00 bits per heavy atom. The van der Waals surface area contributed by atoms with Gasteiger partial charge in [0.2, 0.25) is 10.0 Å². The van der Waals surface area contributed by atoms with Gasteiger partial charge >= 0.3 is 5.97 Å². The van der Waals surface area contributed by atoms with E-state index >= 15 is 0 Å². The average molecular weight is 332 g/mol. The number of nitrogens with zero attached hydrogens (tertiary/aromatic N) is 2. The van der Waals surface area contributed by atoms with E-state index in [1.54, 1.807) is 30.3 Å². The van der Waals surface area contributed by atoms with Crippen molar-refractivity contribution >= 4 is 16.0 Å². The molecule has 2 heterocycles. The minimum absolute atomic E-state index is 0.0259. The van der Waals surface area contributed by atoms with Crippen LogP contribution in [0.5, 0.6) is 0 Å². The molecule has 1 aromatic carbocycles. The lowest BCUT2D eigenvalue weighted by Crippen LogP contribution is -2.27. The second-order valence-corrected chi connectivity index (χ2v) is 7.31. The number of carboxylic acid groups (broad SMARTS) is 1. The summed E-state index contributed by atoms with van der Waals surface area (Å²) in [7, 11) is -3.42. The van der Waals surface area contributed by atoms with Gasteiger partial charge in [0, 0.05) is 24.8 Å². The van der Waals surface area contributed by atoms with E-state index in [0.29, 0.717) is 13.1 Å². The van der Waals surface area contributed by atoms with Crippen LogP contribution in [0.25, 0.3) is 11.1 Å². The molecule has 0 amide bonds. The van der Waals surface area contributed by atoms with Gasteiger partial charge in [0.15, 0.2) is 0 Å². The summed E-state index contributed by atoms with van der Waals surface area (Å²) in [4.78, 5) is 14.9. The second-order valence-electron chi connectivity index (χ2n) is 5.37. The van der Waals surface area contributed by atoms with Gasteiger partial charge in [-0.05, 0) is 36.6 Å². The van der Waals surface area contributed by atoms with Gasteiger partial charge in [-0.15, -0.1) is 0 Å².